The van der Waals surface area contributed by atoms with Crippen molar-refractivity contribution >= 4 is 35.8 Å². The summed E-state index contributed by atoms with van der Waals surface area (Å²) in [5, 5.41) is 9.25. The van der Waals surface area contributed by atoms with E-state index in [1.165, 1.54) is 0 Å². The quantitative estimate of drug-likeness (QED) is 0.228. The second-order valence-corrected chi connectivity index (χ2v) is 6.03. The van der Waals surface area contributed by atoms with E-state index in [0.717, 1.165) is 17.1 Å². The van der Waals surface area contributed by atoms with Crippen molar-refractivity contribution < 1.29 is 19.0 Å². The lowest BCUT2D eigenvalue weighted by molar-refractivity contribution is 0.0954. The molecular formula is C20H25IN4O4. The Morgan fingerprint density at radius 2 is 1.86 bits per heavy atom. The number of methoxy groups -OCH3 is 1. The number of carbonyl (C=O) groups is 1. The molecule has 0 fully saturated rings. The summed E-state index contributed by atoms with van der Waals surface area (Å²) < 4.78 is 15.8. The van der Waals surface area contributed by atoms with Crippen LogP contribution in [-0.2, 0) is 6.54 Å². The van der Waals surface area contributed by atoms with Crippen LogP contribution >= 0.6 is 24.0 Å². The highest BCUT2D eigenvalue weighted by Crippen LogP contribution is 2.32. The minimum absolute atomic E-state index is 0. The molecular weight excluding hydrogens is 487 g/mol. The molecule has 8 nitrogen and oxygen atoms in total. The molecule has 0 atom stereocenters. The molecule has 0 bridgehead atoms. The lowest BCUT2D eigenvalue weighted by atomic mass is 10.2. The molecule has 0 saturated carbocycles. The summed E-state index contributed by atoms with van der Waals surface area (Å²) in [6.07, 6.45) is 0. The van der Waals surface area contributed by atoms with Gasteiger partial charge in [-0.3, -0.25) is 9.79 Å². The van der Waals surface area contributed by atoms with Crippen LogP contribution in [0.4, 0.5) is 0 Å². The molecule has 3 N–H and O–H groups in total. The van der Waals surface area contributed by atoms with Gasteiger partial charge in [0.25, 0.3) is 5.91 Å². The Morgan fingerprint density at radius 1 is 1.07 bits per heavy atom. The number of fused-ring (bicyclic) bond motifs is 1. The zero-order valence-electron chi connectivity index (χ0n) is 16.4. The molecule has 3 rings (SSSR count). The number of guanidine groups is 1. The number of aliphatic imine (C=N–C) groups is 1. The molecule has 156 valence electrons. The lowest BCUT2D eigenvalue weighted by Gasteiger charge is -2.13. The number of amides is 1. The predicted molar refractivity (Wildman–Crippen MR) is 122 cm³/mol. The third-order valence-electron chi connectivity index (χ3n) is 4.16. The number of rotatable bonds is 7. The normalized spacial score (nSPS) is 12.0. The molecule has 0 spiro atoms. The summed E-state index contributed by atoms with van der Waals surface area (Å²) >= 11 is 0. The van der Waals surface area contributed by atoms with E-state index in [1.807, 2.05) is 18.2 Å². The monoisotopic (exact) mass is 512 g/mol. The number of hydrogen-bond donors (Lipinski definition) is 3. The first-order valence-electron chi connectivity index (χ1n) is 8.95. The fourth-order valence-electron chi connectivity index (χ4n) is 2.68. The van der Waals surface area contributed by atoms with Gasteiger partial charge in [-0.1, -0.05) is 12.1 Å². The number of benzene rings is 2. The summed E-state index contributed by atoms with van der Waals surface area (Å²) in [6, 6.07) is 12.8. The molecule has 1 amide bonds. The van der Waals surface area contributed by atoms with Crippen molar-refractivity contribution in [2.45, 2.75) is 6.54 Å². The van der Waals surface area contributed by atoms with Crippen LogP contribution in [0.25, 0.3) is 0 Å². The van der Waals surface area contributed by atoms with Gasteiger partial charge in [0.2, 0.25) is 6.79 Å². The van der Waals surface area contributed by atoms with Crippen LogP contribution < -0.4 is 30.2 Å². The van der Waals surface area contributed by atoms with E-state index >= 15 is 0 Å². The molecule has 0 aliphatic carbocycles. The molecule has 0 aromatic heterocycles. The fraction of sp³-hybridized carbons (Fsp3) is 0.300. The van der Waals surface area contributed by atoms with Gasteiger partial charge in [0.1, 0.15) is 5.75 Å². The number of nitrogens with one attached hydrogen (secondary N) is 3. The van der Waals surface area contributed by atoms with Gasteiger partial charge in [-0.15, -0.1) is 24.0 Å². The highest BCUT2D eigenvalue weighted by molar-refractivity contribution is 14.0. The maximum atomic E-state index is 12.2. The molecule has 1 aliphatic rings. The zero-order chi connectivity index (χ0) is 19.8. The molecule has 2 aromatic carbocycles. The summed E-state index contributed by atoms with van der Waals surface area (Å²) in [4.78, 5) is 16.4. The van der Waals surface area contributed by atoms with Crippen LogP contribution in [0.3, 0.4) is 0 Å². The molecule has 29 heavy (non-hydrogen) atoms. The summed E-state index contributed by atoms with van der Waals surface area (Å²) in [7, 11) is 3.27. The standard InChI is InChI=1S/C20H24N4O4.HI/c1-21-20(24-12-14-6-7-17-18(10-14)28-13-27-17)23-9-8-22-19(25)15-4-3-5-16(11-15)26-2;/h3-7,10-11H,8-9,12-13H2,1-2H3,(H,22,25)(H2,21,23,24);1H. The third kappa shape index (κ3) is 6.41. The van der Waals surface area contributed by atoms with Crippen LogP contribution in [-0.4, -0.2) is 45.9 Å². The van der Waals surface area contributed by atoms with Crippen LogP contribution in [0.1, 0.15) is 15.9 Å². The summed E-state index contributed by atoms with van der Waals surface area (Å²) in [5.74, 6) is 2.66. The van der Waals surface area contributed by atoms with Crippen LogP contribution in [0.2, 0.25) is 0 Å². The topological polar surface area (TPSA) is 93.2 Å². The smallest absolute Gasteiger partial charge is 0.251 e. The van der Waals surface area contributed by atoms with Gasteiger partial charge in [-0.2, -0.15) is 0 Å². The van der Waals surface area contributed by atoms with Crippen molar-refractivity contribution in [1.29, 1.82) is 0 Å². The molecule has 0 saturated heterocycles. The number of carbonyl (C=O) groups excluding carboxylic acids is 1. The first-order valence-corrected chi connectivity index (χ1v) is 8.95. The fourth-order valence-corrected chi connectivity index (χ4v) is 2.68. The lowest BCUT2D eigenvalue weighted by Crippen LogP contribution is -2.41. The minimum atomic E-state index is -0.149. The van der Waals surface area contributed by atoms with Gasteiger partial charge in [0.05, 0.1) is 7.11 Å². The third-order valence-corrected chi connectivity index (χ3v) is 4.16. The average Bonchev–Trinajstić information content (AvgIpc) is 3.21. The van der Waals surface area contributed by atoms with Crippen LogP contribution in [0, 0.1) is 0 Å². The number of halogens is 1. The first kappa shape index (κ1) is 22.6. The number of hydrogen-bond acceptors (Lipinski definition) is 5. The van der Waals surface area contributed by atoms with Crippen molar-refractivity contribution in [3.63, 3.8) is 0 Å². The Hall–Kier alpha value is -2.69. The van der Waals surface area contributed by atoms with E-state index < -0.39 is 0 Å². The Bertz CT molecular complexity index is 860. The van der Waals surface area contributed by atoms with Gasteiger partial charge >= 0.3 is 0 Å². The van der Waals surface area contributed by atoms with E-state index in [2.05, 4.69) is 20.9 Å². The average molecular weight is 512 g/mol. The van der Waals surface area contributed by atoms with Gasteiger partial charge in [0.15, 0.2) is 17.5 Å². The Balaban J connectivity index is 0.00000300. The van der Waals surface area contributed by atoms with Gasteiger partial charge in [-0.05, 0) is 35.9 Å². The molecule has 1 heterocycles. The molecule has 0 radical (unpaired) electrons. The van der Waals surface area contributed by atoms with Gasteiger partial charge in [0, 0.05) is 32.2 Å². The largest absolute Gasteiger partial charge is 0.497 e. The SMILES string of the molecule is CN=C(NCCNC(=O)c1cccc(OC)c1)NCc1ccc2c(c1)OCO2.I. The van der Waals surface area contributed by atoms with Crippen molar-refractivity contribution in [2.24, 2.45) is 4.99 Å². The van der Waals surface area contributed by atoms with Gasteiger partial charge < -0.3 is 30.2 Å². The van der Waals surface area contributed by atoms with Crippen molar-refractivity contribution in [1.82, 2.24) is 16.0 Å². The second kappa shape index (κ2) is 11.3. The van der Waals surface area contributed by atoms with Crippen molar-refractivity contribution in [3.05, 3.63) is 53.6 Å². The highest BCUT2D eigenvalue weighted by atomic mass is 127. The van der Waals surface area contributed by atoms with E-state index in [9.17, 15) is 4.79 Å². The maximum Gasteiger partial charge on any atom is 0.251 e. The second-order valence-electron chi connectivity index (χ2n) is 6.03. The highest BCUT2D eigenvalue weighted by Gasteiger charge is 2.13. The van der Waals surface area contributed by atoms with Crippen molar-refractivity contribution in [2.75, 3.05) is 34.0 Å². The van der Waals surface area contributed by atoms with Crippen LogP contribution in [0.15, 0.2) is 47.5 Å². The number of nitrogens with zero attached hydrogens (tertiary/aromatic N) is 1. The maximum absolute atomic E-state index is 12.2. The zero-order valence-corrected chi connectivity index (χ0v) is 18.7. The van der Waals surface area contributed by atoms with E-state index in [-0.39, 0.29) is 36.7 Å². The molecule has 1 aliphatic heterocycles. The van der Waals surface area contributed by atoms with E-state index in [1.54, 1.807) is 38.4 Å². The predicted octanol–water partition coefficient (Wildman–Crippen LogP) is 2.14. The summed E-state index contributed by atoms with van der Waals surface area (Å²) in [6.45, 7) is 1.85. The van der Waals surface area contributed by atoms with Crippen molar-refractivity contribution in [3.8, 4) is 17.2 Å². The Kier molecular flexibility index (Phi) is 8.84. The molecule has 9 heteroatoms. The van der Waals surface area contributed by atoms with Gasteiger partial charge in [-0.25, -0.2) is 0 Å². The molecule has 2 aromatic rings. The Morgan fingerprint density at radius 3 is 2.66 bits per heavy atom. The minimum Gasteiger partial charge on any atom is -0.497 e. The number of ether oxygens (including phenoxy) is 3. The van der Waals surface area contributed by atoms with E-state index in [0.29, 0.717) is 36.9 Å². The first-order chi connectivity index (χ1) is 13.7. The van der Waals surface area contributed by atoms with E-state index in [4.69, 9.17) is 14.2 Å². The Labute approximate surface area is 187 Å². The summed E-state index contributed by atoms with van der Waals surface area (Å²) in [5.41, 5.74) is 1.61. The molecule has 0 unspecified atom stereocenters. The van der Waals surface area contributed by atoms with Crippen LogP contribution in [0.5, 0.6) is 17.2 Å².